The van der Waals surface area contributed by atoms with Crippen LogP contribution in [0.15, 0.2) is 36.7 Å². The molecule has 1 unspecified atom stereocenters. The summed E-state index contributed by atoms with van der Waals surface area (Å²) in [5.74, 6) is 1.78. The van der Waals surface area contributed by atoms with Crippen molar-refractivity contribution < 1.29 is 4.79 Å². The van der Waals surface area contributed by atoms with Gasteiger partial charge in [-0.3, -0.25) is 4.79 Å². The minimum Gasteiger partial charge on any atom is -0.363 e. The van der Waals surface area contributed by atoms with Gasteiger partial charge >= 0.3 is 0 Å². The molecule has 148 valence electrons. The van der Waals surface area contributed by atoms with Crippen molar-refractivity contribution in [1.29, 1.82) is 0 Å². The van der Waals surface area contributed by atoms with Crippen LogP contribution in [-0.2, 0) is 11.3 Å². The highest BCUT2D eigenvalue weighted by atomic mass is 16.2. The van der Waals surface area contributed by atoms with E-state index in [0.717, 1.165) is 43.1 Å². The Bertz CT molecular complexity index is 821. The zero-order valence-corrected chi connectivity index (χ0v) is 16.6. The summed E-state index contributed by atoms with van der Waals surface area (Å²) in [6.07, 6.45) is 3.71. The molecule has 0 saturated carbocycles. The molecular formula is C21H28N6O. The Kier molecular flexibility index (Phi) is 5.43. The molecule has 2 N–H and O–H groups in total. The van der Waals surface area contributed by atoms with Gasteiger partial charge in [0.15, 0.2) is 0 Å². The van der Waals surface area contributed by atoms with Crippen LogP contribution in [0.2, 0.25) is 0 Å². The van der Waals surface area contributed by atoms with Gasteiger partial charge in [0.1, 0.15) is 18.0 Å². The van der Waals surface area contributed by atoms with Crippen LogP contribution in [0, 0.1) is 0 Å². The highest BCUT2D eigenvalue weighted by Crippen LogP contribution is 2.31. The van der Waals surface area contributed by atoms with Gasteiger partial charge in [-0.1, -0.05) is 30.3 Å². The lowest BCUT2D eigenvalue weighted by molar-refractivity contribution is -0.132. The third kappa shape index (κ3) is 3.80. The summed E-state index contributed by atoms with van der Waals surface area (Å²) in [6.45, 7) is 4.88. The third-order valence-electron chi connectivity index (χ3n) is 5.67. The van der Waals surface area contributed by atoms with Crippen molar-refractivity contribution in [3.63, 3.8) is 0 Å². The highest BCUT2D eigenvalue weighted by molar-refractivity contribution is 5.84. The van der Waals surface area contributed by atoms with E-state index in [2.05, 4.69) is 39.7 Å². The zero-order valence-electron chi connectivity index (χ0n) is 16.6. The molecule has 7 nitrogen and oxygen atoms in total. The number of hydrogen-bond donors (Lipinski definition) is 2. The van der Waals surface area contributed by atoms with Crippen LogP contribution in [0.1, 0.15) is 36.9 Å². The standard InChI is InChI=1S/C21H28N6O/c1-15(16-7-4-3-5-8-16)25-20-18-12-27(17-9-6-10-22-11-17)19(28)13-26(2)21(18)24-14-23-20/h3-5,7-8,14-15,17,22H,6,9-13H2,1-2H3,(H,23,24,25)/t15-,17?/m1/s1. The van der Waals surface area contributed by atoms with Crippen LogP contribution in [0.3, 0.4) is 0 Å². The molecule has 0 aliphatic carbocycles. The van der Waals surface area contributed by atoms with Gasteiger partial charge in [0.05, 0.1) is 18.7 Å². The van der Waals surface area contributed by atoms with Gasteiger partial charge in [-0.15, -0.1) is 0 Å². The first-order chi connectivity index (χ1) is 13.6. The van der Waals surface area contributed by atoms with Crippen LogP contribution in [0.4, 0.5) is 11.6 Å². The molecule has 0 spiro atoms. The van der Waals surface area contributed by atoms with E-state index in [1.165, 1.54) is 5.56 Å². The zero-order chi connectivity index (χ0) is 19.5. The fourth-order valence-electron chi connectivity index (χ4n) is 4.09. The van der Waals surface area contributed by atoms with Gasteiger partial charge in [0, 0.05) is 25.7 Å². The second-order valence-corrected chi connectivity index (χ2v) is 7.68. The van der Waals surface area contributed by atoms with Gasteiger partial charge < -0.3 is 20.4 Å². The number of amides is 1. The average molecular weight is 380 g/mol. The van der Waals surface area contributed by atoms with E-state index in [4.69, 9.17) is 0 Å². The number of carbonyl (C=O) groups is 1. The normalized spacial score (nSPS) is 21.1. The maximum absolute atomic E-state index is 12.9. The number of nitrogens with one attached hydrogen (secondary N) is 2. The Labute approximate surface area is 166 Å². The molecule has 1 fully saturated rings. The van der Waals surface area contributed by atoms with E-state index in [1.54, 1.807) is 6.33 Å². The maximum Gasteiger partial charge on any atom is 0.242 e. The molecule has 4 rings (SSSR count). The minimum absolute atomic E-state index is 0.106. The smallest absolute Gasteiger partial charge is 0.242 e. The summed E-state index contributed by atoms with van der Waals surface area (Å²) in [4.78, 5) is 25.9. The first-order valence-corrected chi connectivity index (χ1v) is 10.00. The predicted octanol–water partition coefficient (Wildman–Crippen LogP) is 2.18. The molecule has 2 aliphatic rings. The Balaban J connectivity index is 1.64. The molecule has 1 amide bonds. The van der Waals surface area contributed by atoms with E-state index in [9.17, 15) is 4.79 Å². The van der Waals surface area contributed by atoms with Crippen LogP contribution in [-0.4, -0.2) is 53.5 Å². The van der Waals surface area contributed by atoms with Crippen molar-refractivity contribution in [2.24, 2.45) is 0 Å². The van der Waals surface area contributed by atoms with Crippen molar-refractivity contribution in [2.45, 2.75) is 38.4 Å². The quantitative estimate of drug-likeness (QED) is 0.847. The molecule has 7 heteroatoms. The van der Waals surface area contributed by atoms with E-state index in [1.807, 2.05) is 35.0 Å². The number of rotatable bonds is 4. The second kappa shape index (κ2) is 8.14. The SMILES string of the molecule is C[C@@H](Nc1ncnc2c1CN(C1CCCNC1)C(=O)CN2C)c1ccccc1. The number of nitrogens with zero attached hydrogens (tertiary/aromatic N) is 4. The number of fused-ring (bicyclic) bond motifs is 1. The lowest BCUT2D eigenvalue weighted by atomic mass is 10.0. The predicted molar refractivity (Wildman–Crippen MR) is 110 cm³/mol. The van der Waals surface area contributed by atoms with Crippen LogP contribution in [0.25, 0.3) is 0 Å². The van der Waals surface area contributed by atoms with E-state index >= 15 is 0 Å². The summed E-state index contributed by atoms with van der Waals surface area (Å²) in [5.41, 5.74) is 2.19. The van der Waals surface area contributed by atoms with Crippen LogP contribution in [0.5, 0.6) is 0 Å². The summed E-state index contributed by atoms with van der Waals surface area (Å²) in [6, 6.07) is 10.6. The number of piperidine rings is 1. The first kappa shape index (κ1) is 18.7. The van der Waals surface area contributed by atoms with Gasteiger partial charge in [-0.25, -0.2) is 9.97 Å². The molecular weight excluding hydrogens is 352 g/mol. The lowest BCUT2D eigenvalue weighted by Gasteiger charge is -2.34. The second-order valence-electron chi connectivity index (χ2n) is 7.68. The van der Waals surface area contributed by atoms with Gasteiger partial charge in [0.2, 0.25) is 5.91 Å². The van der Waals surface area contributed by atoms with Crippen molar-refractivity contribution >= 4 is 17.5 Å². The number of likely N-dealkylation sites (N-methyl/N-ethyl adjacent to an activating group) is 1. The monoisotopic (exact) mass is 380 g/mol. The molecule has 2 aliphatic heterocycles. The van der Waals surface area contributed by atoms with Crippen molar-refractivity contribution in [3.05, 3.63) is 47.8 Å². The number of hydrogen-bond acceptors (Lipinski definition) is 6. The molecule has 28 heavy (non-hydrogen) atoms. The van der Waals surface area contributed by atoms with Crippen molar-refractivity contribution in [1.82, 2.24) is 20.2 Å². The number of carbonyl (C=O) groups excluding carboxylic acids is 1. The van der Waals surface area contributed by atoms with Crippen LogP contribution < -0.4 is 15.5 Å². The van der Waals surface area contributed by atoms with Crippen LogP contribution >= 0.6 is 0 Å². The minimum atomic E-state index is 0.106. The fourth-order valence-corrected chi connectivity index (χ4v) is 4.09. The Morgan fingerprint density at radius 2 is 2.04 bits per heavy atom. The number of benzene rings is 1. The molecule has 1 aromatic heterocycles. The van der Waals surface area contributed by atoms with E-state index in [0.29, 0.717) is 13.1 Å². The summed E-state index contributed by atoms with van der Waals surface area (Å²) >= 11 is 0. The summed E-state index contributed by atoms with van der Waals surface area (Å²) < 4.78 is 0. The highest BCUT2D eigenvalue weighted by Gasteiger charge is 2.32. The number of aromatic nitrogens is 2. The molecule has 0 radical (unpaired) electrons. The molecule has 1 aromatic carbocycles. The molecule has 2 aromatic rings. The summed E-state index contributed by atoms with van der Waals surface area (Å²) in [7, 11) is 1.93. The van der Waals surface area contributed by atoms with Gasteiger partial charge in [-0.05, 0) is 31.9 Å². The third-order valence-corrected chi connectivity index (χ3v) is 5.67. The van der Waals surface area contributed by atoms with Crippen molar-refractivity contribution in [2.75, 3.05) is 36.9 Å². The van der Waals surface area contributed by atoms with E-state index < -0.39 is 0 Å². The first-order valence-electron chi connectivity index (χ1n) is 10.00. The fraction of sp³-hybridized carbons (Fsp3) is 0.476. The molecule has 0 bridgehead atoms. The van der Waals surface area contributed by atoms with Crippen molar-refractivity contribution in [3.8, 4) is 0 Å². The van der Waals surface area contributed by atoms with Gasteiger partial charge in [-0.2, -0.15) is 0 Å². The largest absolute Gasteiger partial charge is 0.363 e. The Hall–Kier alpha value is -2.67. The number of anilines is 2. The summed E-state index contributed by atoms with van der Waals surface area (Å²) in [5, 5.41) is 6.96. The van der Waals surface area contributed by atoms with E-state index in [-0.39, 0.29) is 18.0 Å². The van der Waals surface area contributed by atoms with Gasteiger partial charge in [0.25, 0.3) is 0 Å². The molecule has 1 saturated heterocycles. The Morgan fingerprint density at radius 3 is 2.79 bits per heavy atom. The maximum atomic E-state index is 12.9. The lowest BCUT2D eigenvalue weighted by Crippen LogP contribution is -2.49. The average Bonchev–Trinajstić information content (AvgIpc) is 2.86. The Morgan fingerprint density at radius 1 is 1.21 bits per heavy atom. The topological polar surface area (TPSA) is 73.4 Å². The molecule has 2 atom stereocenters. The molecule has 3 heterocycles.